The van der Waals surface area contributed by atoms with Gasteiger partial charge in [-0.25, -0.2) is 4.39 Å². The topological polar surface area (TPSA) is 44.1 Å². The minimum absolute atomic E-state index is 0.0100. The highest BCUT2D eigenvalue weighted by Gasteiger charge is 2.44. The smallest absolute Gasteiger partial charge is 0.232 e. The van der Waals surface area contributed by atoms with Crippen molar-refractivity contribution in [2.45, 2.75) is 37.5 Å². The molecule has 1 fully saturated rings. The summed E-state index contributed by atoms with van der Waals surface area (Å²) in [5.41, 5.74) is 0.163. The number of nitrogens with zero attached hydrogens (tertiary/aromatic N) is 2. The molecule has 0 aromatic heterocycles. The van der Waals surface area contributed by atoms with E-state index >= 15 is 0 Å². The Morgan fingerprint density at radius 2 is 2.15 bits per heavy atom. The van der Waals surface area contributed by atoms with Gasteiger partial charge < -0.3 is 4.90 Å². The number of nitriles is 1. The van der Waals surface area contributed by atoms with Crippen molar-refractivity contribution in [3.63, 3.8) is 0 Å². The zero-order valence-corrected chi connectivity index (χ0v) is 11.7. The van der Waals surface area contributed by atoms with Crippen LogP contribution in [0.1, 0.15) is 37.7 Å². The third kappa shape index (κ3) is 2.67. The van der Waals surface area contributed by atoms with E-state index in [9.17, 15) is 9.18 Å². The second-order valence-electron chi connectivity index (χ2n) is 5.43. The van der Waals surface area contributed by atoms with Gasteiger partial charge in [0, 0.05) is 13.6 Å². The van der Waals surface area contributed by atoms with Gasteiger partial charge in [0.05, 0.1) is 17.9 Å². The number of benzene rings is 1. The van der Waals surface area contributed by atoms with Crippen LogP contribution in [0, 0.1) is 17.1 Å². The van der Waals surface area contributed by atoms with Gasteiger partial charge >= 0.3 is 0 Å². The first-order chi connectivity index (χ1) is 9.60. The first kappa shape index (κ1) is 14.5. The van der Waals surface area contributed by atoms with Crippen LogP contribution in [-0.2, 0) is 10.2 Å². The maximum atomic E-state index is 13.5. The summed E-state index contributed by atoms with van der Waals surface area (Å²) in [4.78, 5) is 14.4. The minimum atomic E-state index is -0.605. The summed E-state index contributed by atoms with van der Waals surface area (Å²) in [6.07, 6.45) is 3.79. The molecule has 0 saturated heterocycles. The molecule has 4 heteroatoms. The van der Waals surface area contributed by atoms with Crippen molar-refractivity contribution >= 4 is 5.91 Å². The lowest BCUT2D eigenvalue weighted by Crippen LogP contribution is -2.44. The van der Waals surface area contributed by atoms with Gasteiger partial charge in [0.1, 0.15) is 5.82 Å². The van der Waals surface area contributed by atoms with E-state index < -0.39 is 5.41 Å². The molecule has 1 saturated carbocycles. The van der Waals surface area contributed by atoms with Crippen LogP contribution in [-0.4, -0.2) is 24.4 Å². The van der Waals surface area contributed by atoms with E-state index in [0.717, 1.165) is 31.2 Å². The zero-order chi connectivity index (χ0) is 14.6. The maximum Gasteiger partial charge on any atom is 0.232 e. The van der Waals surface area contributed by atoms with Gasteiger partial charge in [-0.2, -0.15) is 5.26 Å². The van der Waals surface area contributed by atoms with Crippen molar-refractivity contribution in [1.82, 2.24) is 4.90 Å². The molecular weight excluding hydrogens is 255 g/mol. The summed E-state index contributed by atoms with van der Waals surface area (Å²) in [6, 6.07) is 8.42. The van der Waals surface area contributed by atoms with Crippen molar-refractivity contribution in [2.24, 2.45) is 0 Å². The average Bonchev–Trinajstić information content (AvgIpc) is 2.94. The molecular formula is C16H19FN2O. The third-order valence-corrected chi connectivity index (χ3v) is 4.15. The average molecular weight is 274 g/mol. The zero-order valence-electron chi connectivity index (χ0n) is 11.7. The van der Waals surface area contributed by atoms with Crippen molar-refractivity contribution < 1.29 is 9.18 Å². The first-order valence-electron chi connectivity index (χ1n) is 6.99. The highest BCUT2D eigenvalue weighted by Crippen LogP contribution is 2.42. The molecule has 1 aromatic rings. The van der Waals surface area contributed by atoms with Gasteiger partial charge in [-0.15, -0.1) is 0 Å². The minimum Gasteiger partial charge on any atom is -0.344 e. The predicted octanol–water partition coefficient (Wildman–Crippen LogP) is 3.01. The molecule has 0 unspecified atom stereocenters. The second-order valence-corrected chi connectivity index (χ2v) is 5.43. The van der Waals surface area contributed by atoms with E-state index in [2.05, 4.69) is 6.07 Å². The first-order valence-corrected chi connectivity index (χ1v) is 6.99. The monoisotopic (exact) mass is 274 g/mol. The molecule has 0 N–H and O–H groups in total. The van der Waals surface area contributed by atoms with Gasteiger partial charge in [-0.3, -0.25) is 4.79 Å². The standard InChI is InChI=1S/C16H19FN2O/c1-19(11-5-10-18)15(20)16(8-2-3-9-16)13-6-4-7-14(17)12-13/h4,6-7,12H,2-3,5,8-9,11H2,1H3. The SMILES string of the molecule is CN(CCC#N)C(=O)C1(c2cccc(F)c2)CCCC1. The Kier molecular flexibility index (Phi) is 4.39. The van der Waals surface area contributed by atoms with Gasteiger partial charge in [-0.05, 0) is 30.5 Å². The van der Waals surface area contributed by atoms with Crippen LogP contribution in [0.25, 0.3) is 0 Å². The molecule has 1 aromatic carbocycles. The summed E-state index contributed by atoms with van der Waals surface area (Å²) in [6.45, 7) is 0.423. The number of amides is 1. The third-order valence-electron chi connectivity index (χ3n) is 4.15. The van der Waals surface area contributed by atoms with E-state index in [1.165, 1.54) is 12.1 Å². The highest BCUT2D eigenvalue weighted by atomic mass is 19.1. The fourth-order valence-corrected chi connectivity index (χ4v) is 3.08. The van der Waals surface area contributed by atoms with Crippen LogP contribution in [0.2, 0.25) is 0 Å². The van der Waals surface area contributed by atoms with E-state index in [-0.39, 0.29) is 11.7 Å². The normalized spacial score (nSPS) is 16.6. The lowest BCUT2D eigenvalue weighted by Gasteiger charge is -2.32. The van der Waals surface area contributed by atoms with Gasteiger partial charge in [-0.1, -0.05) is 25.0 Å². The van der Waals surface area contributed by atoms with Crippen LogP contribution in [0.15, 0.2) is 24.3 Å². The number of hydrogen-bond donors (Lipinski definition) is 0. The van der Waals surface area contributed by atoms with Crippen molar-refractivity contribution in [3.05, 3.63) is 35.6 Å². The van der Waals surface area contributed by atoms with E-state index in [4.69, 9.17) is 5.26 Å². The lowest BCUT2D eigenvalue weighted by molar-refractivity contribution is -0.136. The summed E-state index contributed by atoms with van der Waals surface area (Å²) < 4.78 is 13.5. The number of likely N-dealkylation sites (N-methyl/N-ethyl adjacent to an activating group) is 1. The van der Waals surface area contributed by atoms with Crippen molar-refractivity contribution in [3.8, 4) is 6.07 Å². The van der Waals surface area contributed by atoms with E-state index in [1.807, 2.05) is 6.07 Å². The Morgan fingerprint density at radius 3 is 2.75 bits per heavy atom. The summed E-state index contributed by atoms with van der Waals surface area (Å²) in [7, 11) is 1.72. The van der Waals surface area contributed by atoms with Gasteiger partial charge in [0.25, 0.3) is 0 Å². The Balaban J connectivity index is 2.30. The van der Waals surface area contributed by atoms with E-state index in [0.29, 0.717) is 13.0 Å². The molecule has 2 rings (SSSR count). The quantitative estimate of drug-likeness (QED) is 0.847. The predicted molar refractivity (Wildman–Crippen MR) is 74.4 cm³/mol. The van der Waals surface area contributed by atoms with E-state index in [1.54, 1.807) is 18.0 Å². The number of carbonyl (C=O) groups excluding carboxylic acids is 1. The summed E-state index contributed by atoms with van der Waals surface area (Å²) in [5.74, 6) is -0.294. The molecule has 0 heterocycles. The Morgan fingerprint density at radius 1 is 1.45 bits per heavy atom. The largest absolute Gasteiger partial charge is 0.344 e. The van der Waals surface area contributed by atoms with Crippen molar-refractivity contribution in [1.29, 1.82) is 5.26 Å². The molecule has 0 radical (unpaired) electrons. The Hall–Kier alpha value is -1.89. The molecule has 0 aliphatic heterocycles. The molecule has 1 aliphatic rings. The molecule has 0 atom stereocenters. The van der Waals surface area contributed by atoms with Crippen LogP contribution in [0.5, 0.6) is 0 Å². The van der Waals surface area contributed by atoms with Crippen LogP contribution < -0.4 is 0 Å². The molecule has 20 heavy (non-hydrogen) atoms. The van der Waals surface area contributed by atoms with Crippen LogP contribution in [0.4, 0.5) is 4.39 Å². The van der Waals surface area contributed by atoms with Gasteiger partial charge in [0.15, 0.2) is 0 Å². The van der Waals surface area contributed by atoms with Crippen LogP contribution >= 0.6 is 0 Å². The number of rotatable bonds is 4. The highest BCUT2D eigenvalue weighted by molar-refractivity contribution is 5.88. The molecule has 3 nitrogen and oxygen atoms in total. The van der Waals surface area contributed by atoms with Gasteiger partial charge in [0.2, 0.25) is 5.91 Å². The fourth-order valence-electron chi connectivity index (χ4n) is 3.08. The number of carbonyl (C=O) groups is 1. The van der Waals surface area contributed by atoms with Crippen molar-refractivity contribution in [2.75, 3.05) is 13.6 Å². The Bertz CT molecular complexity index is 530. The summed E-state index contributed by atoms with van der Waals surface area (Å²) >= 11 is 0. The fraction of sp³-hybridized carbons (Fsp3) is 0.500. The maximum absolute atomic E-state index is 13.5. The molecule has 1 amide bonds. The number of hydrogen-bond acceptors (Lipinski definition) is 2. The number of halogens is 1. The lowest BCUT2D eigenvalue weighted by atomic mass is 9.77. The molecule has 0 spiro atoms. The molecule has 106 valence electrons. The van der Waals surface area contributed by atoms with Crippen LogP contribution in [0.3, 0.4) is 0 Å². The molecule has 1 aliphatic carbocycles. The second kappa shape index (κ2) is 6.04. The Labute approximate surface area is 119 Å². The summed E-state index contributed by atoms with van der Waals surface area (Å²) in [5, 5.41) is 8.64. The molecule has 0 bridgehead atoms.